The van der Waals surface area contributed by atoms with Crippen molar-refractivity contribution in [1.82, 2.24) is 5.32 Å². The summed E-state index contributed by atoms with van der Waals surface area (Å²) in [6, 6.07) is 9.55. The second-order valence-electron chi connectivity index (χ2n) is 7.23. The molecule has 2 rings (SSSR count). The van der Waals surface area contributed by atoms with Crippen LogP contribution in [-0.2, 0) is 0 Å². The monoisotopic (exact) mass is 392 g/mol. The third-order valence-electron chi connectivity index (χ3n) is 3.90. The normalized spacial score (nSPS) is 12.5. The summed E-state index contributed by atoms with van der Waals surface area (Å²) in [4.78, 5) is 12.4. The molecule has 0 radical (unpaired) electrons. The van der Waals surface area contributed by atoms with Gasteiger partial charge in [0.1, 0.15) is 5.75 Å². The molecule has 7 heteroatoms. The van der Waals surface area contributed by atoms with Crippen LogP contribution in [0.25, 0.3) is 0 Å². The number of nitrogens with one attached hydrogen (secondary N) is 2. The van der Waals surface area contributed by atoms with Crippen molar-refractivity contribution in [2.75, 3.05) is 19.0 Å². The first-order valence-electron chi connectivity index (χ1n) is 8.51. The third kappa shape index (κ3) is 5.85. The number of benzene rings is 2. The first-order chi connectivity index (χ1) is 12.6. The molecule has 0 bridgehead atoms. The number of aliphatic hydroxyl groups excluding tert-OH is 1. The highest BCUT2D eigenvalue weighted by Gasteiger charge is 2.18. The summed E-state index contributed by atoms with van der Waals surface area (Å²) in [7, 11) is 1.54. The molecule has 146 valence electrons. The number of hydrogen-bond donors (Lipinski definition) is 4. The quantitative estimate of drug-likeness (QED) is 0.562. The Bertz CT molecular complexity index is 801. The fourth-order valence-corrected chi connectivity index (χ4v) is 2.59. The van der Waals surface area contributed by atoms with Gasteiger partial charge in [-0.1, -0.05) is 11.6 Å². The molecular weight excluding hydrogens is 368 g/mol. The molecule has 4 N–H and O–H groups in total. The van der Waals surface area contributed by atoms with Gasteiger partial charge >= 0.3 is 0 Å². The maximum absolute atomic E-state index is 12.4. The Morgan fingerprint density at radius 2 is 1.85 bits per heavy atom. The van der Waals surface area contributed by atoms with E-state index >= 15 is 0 Å². The number of ether oxygens (including phenoxy) is 1. The van der Waals surface area contributed by atoms with Crippen LogP contribution in [0.2, 0.25) is 5.02 Å². The summed E-state index contributed by atoms with van der Waals surface area (Å²) in [6.07, 6.45) is -0.848. The number of hydrogen-bond acceptors (Lipinski definition) is 5. The number of phenols is 1. The van der Waals surface area contributed by atoms with E-state index in [-0.39, 0.29) is 22.0 Å². The van der Waals surface area contributed by atoms with Crippen LogP contribution in [0.3, 0.4) is 0 Å². The van der Waals surface area contributed by atoms with Gasteiger partial charge in [-0.15, -0.1) is 0 Å². The highest BCUT2D eigenvalue weighted by Crippen LogP contribution is 2.35. The zero-order chi connectivity index (χ0) is 20.2. The Labute approximate surface area is 164 Å². The number of phenolic OH excluding ortho intramolecular Hbond substituents is 1. The molecule has 0 saturated carbocycles. The van der Waals surface area contributed by atoms with Crippen molar-refractivity contribution in [3.8, 4) is 11.5 Å². The molecule has 0 aliphatic heterocycles. The molecule has 0 aliphatic carbocycles. The summed E-state index contributed by atoms with van der Waals surface area (Å²) in [6.45, 7) is 6.27. The predicted octanol–water partition coefficient (Wildman–Crippen LogP) is 3.73. The Balaban J connectivity index is 2.20. The van der Waals surface area contributed by atoms with Crippen molar-refractivity contribution in [2.45, 2.75) is 32.4 Å². The van der Waals surface area contributed by atoms with Crippen molar-refractivity contribution in [2.24, 2.45) is 0 Å². The molecular formula is C20H25ClN2O4. The molecule has 0 fully saturated rings. The van der Waals surface area contributed by atoms with E-state index in [4.69, 9.17) is 16.3 Å². The Morgan fingerprint density at radius 1 is 1.22 bits per heavy atom. The number of aliphatic hydroxyl groups is 1. The second-order valence-corrected chi connectivity index (χ2v) is 7.64. The van der Waals surface area contributed by atoms with Crippen molar-refractivity contribution in [3.05, 3.63) is 52.5 Å². The minimum Gasteiger partial charge on any atom is -0.504 e. The molecule has 0 heterocycles. The molecule has 1 unspecified atom stereocenters. The van der Waals surface area contributed by atoms with Crippen LogP contribution in [0.1, 0.15) is 42.8 Å². The lowest BCUT2D eigenvalue weighted by Crippen LogP contribution is -2.38. The Kier molecular flexibility index (Phi) is 6.70. The zero-order valence-corrected chi connectivity index (χ0v) is 16.6. The summed E-state index contributed by atoms with van der Waals surface area (Å²) < 4.78 is 5.07. The van der Waals surface area contributed by atoms with E-state index in [9.17, 15) is 15.0 Å². The van der Waals surface area contributed by atoms with Crippen molar-refractivity contribution < 1.29 is 19.7 Å². The number of anilines is 1. The molecule has 2 aromatic rings. The topological polar surface area (TPSA) is 90.8 Å². The summed E-state index contributed by atoms with van der Waals surface area (Å²) >= 11 is 6.07. The fourth-order valence-electron chi connectivity index (χ4n) is 2.37. The van der Waals surface area contributed by atoms with Gasteiger partial charge in [0, 0.05) is 17.6 Å². The molecule has 27 heavy (non-hydrogen) atoms. The highest BCUT2D eigenvalue weighted by atomic mass is 35.5. The van der Waals surface area contributed by atoms with E-state index in [0.29, 0.717) is 23.4 Å². The lowest BCUT2D eigenvalue weighted by Gasteiger charge is -2.23. The number of carbonyl (C=O) groups excluding carboxylic acids is 1. The van der Waals surface area contributed by atoms with E-state index in [1.807, 2.05) is 20.8 Å². The molecule has 2 aromatic carbocycles. The maximum atomic E-state index is 12.4. The van der Waals surface area contributed by atoms with Crippen molar-refractivity contribution in [3.63, 3.8) is 0 Å². The van der Waals surface area contributed by atoms with Gasteiger partial charge in [-0.2, -0.15) is 0 Å². The smallest absolute Gasteiger partial charge is 0.255 e. The van der Waals surface area contributed by atoms with Crippen LogP contribution in [0.5, 0.6) is 11.5 Å². The van der Waals surface area contributed by atoms with Gasteiger partial charge in [-0.3, -0.25) is 4.79 Å². The number of methoxy groups -OCH3 is 1. The maximum Gasteiger partial charge on any atom is 0.255 e. The lowest BCUT2D eigenvalue weighted by molar-refractivity contribution is 0.102. The fraction of sp³-hybridized carbons (Fsp3) is 0.350. The zero-order valence-electron chi connectivity index (χ0n) is 15.8. The van der Waals surface area contributed by atoms with Crippen LogP contribution in [-0.4, -0.2) is 35.3 Å². The van der Waals surface area contributed by atoms with E-state index < -0.39 is 12.0 Å². The summed E-state index contributed by atoms with van der Waals surface area (Å²) in [5, 5.41) is 26.5. The van der Waals surface area contributed by atoms with Crippen molar-refractivity contribution >= 4 is 23.2 Å². The minimum absolute atomic E-state index is 0.0485. The van der Waals surface area contributed by atoms with E-state index in [0.717, 1.165) is 0 Å². The molecule has 1 atom stereocenters. The average Bonchev–Trinajstić information content (AvgIpc) is 2.62. The van der Waals surface area contributed by atoms with Crippen LogP contribution >= 0.6 is 11.6 Å². The predicted molar refractivity (Wildman–Crippen MR) is 107 cm³/mol. The summed E-state index contributed by atoms with van der Waals surface area (Å²) in [5.74, 6) is -0.0318. The molecule has 1 amide bonds. The molecule has 0 saturated heterocycles. The Morgan fingerprint density at radius 3 is 2.41 bits per heavy atom. The van der Waals surface area contributed by atoms with Crippen molar-refractivity contribution in [1.29, 1.82) is 0 Å². The summed E-state index contributed by atoms with van der Waals surface area (Å²) in [5.41, 5.74) is 0.854. The SMILES string of the molecule is COc1ccc(C(=O)Nc2cc(C(O)CNC(C)(C)C)cc(Cl)c2O)cc1. The van der Waals surface area contributed by atoms with E-state index in [1.54, 1.807) is 31.4 Å². The number of amides is 1. The van der Waals surface area contributed by atoms with E-state index in [1.165, 1.54) is 12.1 Å². The molecule has 6 nitrogen and oxygen atoms in total. The number of halogens is 1. The van der Waals surface area contributed by atoms with Gasteiger partial charge in [0.25, 0.3) is 5.91 Å². The van der Waals surface area contributed by atoms with Crippen LogP contribution in [0, 0.1) is 0 Å². The molecule has 0 spiro atoms. The lowest BCUT2D eigenvalue weighted by atomic mass is 10.0. The standard InChI is InChI=1S/C20H25ClN2O4/c1-20(2,3)22-11-17(24)13-9-15(21)18(25)16(10-13)23-19(26)12-5-7-14(27-4)8-6-12/h5-10,17,22,24-25H,11H2,1-4H3,(H,23,26). The third-order valence-corrected chi connectivity index (χ3v) is 4.18. The van der Waals surface area contributed by atoms with Gasteiger partial charge in [0.15, 0.2) is 5.75 Å². The number of β-amino-alcohol motifs (C(OH)–C–C–N with tert-alkyl or cyclic N) is 1. The number of carbonyl (C=O) groups is 1. The Hall–Kier alpha value is -2.28. The van der Waals surface area contributed by atoms with Crippen LogP contribution < -0.4 is 15.4 Å². The average molecular weight is 393 g/mol. The molecule has 0 aliphatic rings. The van der Waals surface area contributed by atoms with Crippen LogP contribution in [0.4, 0.5) is 5.69 Å². The second kappa shape index (κ2) is 8.61. The first kappa shape index (κ1) is 21.0. The van der Waals surface area contributed by atoms with Gasteiger partial charge in [0.2, 0.25) is 0 Å². The van der Waals surface area contributed by atoms with Gasteiger partial charge in [0.05, 0.1) is 23.9 Å². The minimum atomic E-state index is -0.848. The van der Waals surface area contributed by atoms with Gasteiger partial charge in [-0.05, 0) is 62.7 Å². The molecule has 0 aromatic heterocycles. The van der Waals surface area contributed by atoms with Crippen LogP contribution in [0.15, 0.2) is 36.4 Å². The highest BCUT2D eigenvalue weighted by molar-refractivity contribution is 6.32. The van der Waals surface area contributed by atoms with E-state index in [2.05, 4.69) is 10.6 Å². The largest absolute Gasteiger partial charge is 0.504 e. The van der Waals surface area contributed by atoms with Gasteiger partial charge < -0.3 is 25.6 Å². The van der Waals surface area contributed by atoms with Gasteiger partial charge in [-0.25, -0.2) is 0 Å². The first-order valence-corrected chi connectivity index (χ1v) is 8.89. The number of rotatable bonds is 6. The number of aromatic hydroxyl groups is 1.